The van der Waals surface area contributed by atoms with Gasteiger partial charge in [-0.1, -0.05) is 162 Å². The van der Waals surface area contributed by atoms with Crippen LogP contribution in [0.3, 0.4) is 0 Å². The van der Waals surface area contributed by atoms with E-state index < -0.39 is 0 Å². The number of nitrogens with zero attached hydrogens (tertiary/aromatic N) is 2. The summed E-state index contributed by atoms with van der Waals surface area (Å²) in [7, 11) is 0. The van der Waals surface area contributed by atoms with Crippen molar-refractivity contribution in [1.29, 1.82) is 0 Å². The first-order chi connectivity index (χ1) is 36.4. The number of aromatic amines is 1. The summed E-state index contributed by atoms with van der Waals surface area (Å²) in [5, 5.41) is 2.73. The van der Waals surface area contributed by atoms with Crippen LogP contribution in [-0.2, 0) is 47.5 Å². The molecule has 74 heavy (non-hydrogen) atoms. The van der Waals surface area contributed by atoms with Crippen LogP contribution in [0.25, 0.3) is 0 Å². The second kappa shape index (κ2) is 54.7. The zero-order valence-corrected chi connectivity index (χ0v) is 47.6. The van der Waals surface area contributed by atoms with Gasteiger partial charge in [0.25, 0.3) is 5.91 Å². The van der Waals surface area contributed by atoms with Gasteiger partial charge >= 0.3 is 17.9 Å². The van der Waals surface area contributed by atoms with Crippen molar-refractivity contribution in [3.63, 3.8) is 0 Å². The zero-order valence-electron chi connectivity index (χ0n) is 47.6. The van der Waals surface area contributed by atoms with Gasteiger partial charge in [0.15, 0.2) is 0 Å². The van der Waals surface area contributed by atoms with E-state index in [2.05, 4.69) is 41.0 Å². The number of esters is 3. The largest absolute Gasteiger partial charge is 0.466 e. The van der Waals surface area contributed by atoms with Crippen LogP contribution in [0.15, 0.2) is 12.5 Å². The standard InChI is InChI=1S/C59H110N4O11/c1-4-7-10-13-16-25-32-42-72-56(64)35-28-21-17-23-30-39-63(40-31-24-18-22-29-36-58(66)74-54(33-26-19-14-11-8-5-2)34-27-20-15-12-9-6-3)41-45-73-57(65)37-43-68-46-48-70-50-51-71-49-47-69-44-38-61-59(67)55-52-60-53-62-55/h52-54H,4-51H2,1-3H3,(H,60,62)(H,61,67). The van der Waals surface area contributed by atoms with E-state index in [4.69, 9.17) is 33.2 Å². The molecule has 0 unspecified atom stereocenters. The molecule has 0 aromatic carbocycles. The predicted octanol–water partition coefficient (Wildman–Crippen LogP) is 12.8. The van der Waals surface area contributed by atoms with Crippen molar-refractivity contribution in [2.75, 3.05) is 92.2 Å². The molecule has 0 aliphatic heterocycles. The molecule has 15 nitrogen and oxygen atoms in total. The lowest BCUT2D eigenvalue weighted by Gasteiger charge is -2.22. The fraction of sp³-hybridized carbons (Fsp3) is 0.881. The van der Waals surface area contributed by atoms with Gasteiger partial charge in [0, 0.05) is 32.1 Å². The second-order valence-corrected chi connectivity index (χ2v) is 20.1. The zero-order chi connectivity index (χ0) is 53.5. The Morgan fingerprint density at radius 1 is 0.459 bits per heavy atom. The van der Waals surface area contributed by atoms with E-state index in [-0.39, 0.29) is 42.9 Å². The number of hydrogen-bond donors (Lipinski definition) is 2. The van der Waals surface area contributed by atoms with Crippen LogP contribution in [0, 0.1) is 0 Å². The molecule has 1 aromatic heterocycles. The average molecular weight is 1050 g/mol. The molecule has 1 heterocycles. The maximum absolute atomic E-state index is 12.9. The Labute approximate surface area is 450 Å². The molecule has 0 saturated heterocycles. The van der Waals surface area contributed by atoms with Gasteiger partial charge in [-0.3, -0.25) is 24.1 Å². The van der Waals surface area contributed by atoms with Crippen molar-refractivity contribution in [3.05, 3.63) is 18.2 Å². The number of H-pyrrole nitrogens is 1. The summed E-state index contributed by atoms with van der Waals surface area (Å²) in [5.41, 5.74) is 0.341. The highest BCUT2D eigenvalue weighted by Crippen LogP contribution is 2.19. The highest BCUT2D eigenvalue weighted by Gasteiger charge is 2.15. The minimum absolute atomic E-state index is 0.0204. The molecule has 1 aromatic rings. The molecule has 0 atom stereocenters. The molecule has 0 aliphatic carbocycles. The van der Waals surface area contributed by atoms with Gasteiger partial charge in [0.2, 0.25) is 0 Å². The Kier molecular flexibility index (Phi) is 50.9. The Hall–Kier alpha value is -3.11. The smallest absolute Gasteiger partial charge is 0.308 e. The van der Waals surface area contributed by atoms with E-state index in [0.717, 1.165) is 116 Å². The third-order valence-corrected chi connectivity index (χ3v) is 13.3. The van der Waals surface area contributed by atoms with Gasteiger partial charge in [0.1, 0.15) is 18.4 Å². The summed E-state index contributed by atoms with van der Waals surface area (Å²) < 4.78 is 39.3. The number of imidazole rings is 1. The van der Waals surface area contributed by atoms with E-state index in [1.54, 1.807) is 0 Å². The molecule has 0 radical (unpaired) electrons. The number of nitrogens with one attached hydrogen (secondary N) is 2. The molecule has 15 heteroatoms. The molecule has 1 rings (SSSR count). The highest BCUT2D eigenvalue weighted by atomic mass is 16.6. The van der Waals surface area contributed by atoms with Crippen molar-refractivity contribution in [1.82, 2.24) is 20.2 Å². The molecule has 1 amide bonds. The minimum atomic E-state index is -0.267. The van der Waals surface area contributed by atoms with Crippen molar-refractivity contribution < 1.29 is 52.3 Å². The van der Waals surface area contributed by atoms with Gasteiger partial charge in [-0.05, 0) is 70.9 Å². The summed E-state index contributed by atoms with van der Waals surface area (Å²) in [6.45, 7) is 13.7. The molecule has 0 bridgehead atoms. The summed E-state index contributed by atoms with van der Waals surface area (Å²) >= 11 is 0. The first-order valence-corrected chi connectivity index (χ1v) is 30.2. The predicted molar refractivity (Wildman–Crippen MR) is 296 cm³/mol. The van der Waals surface area contributed by atoms with E-state index in [9.17, 15) is 19.2 Å². The van der Waals surface area contributed by atoms with Crippen LogP contribution in [0.4, 0.5) is 0 Å². The maximum atomic E-state index is 12.9. The van der Waals surface area contributed by atoms with E-state index in [0.29, 0.717) is 91.1 Å². The van der Waals surface area contributed by atoms with Gasteiger partial charge in [-0.2, -0.15) is 0 Å². The SMILES string of the molecule is CCCCCCCCCOC(=O)CCCCCCCN(CCCCCCCC(=O)OC(CCCCCCCC)CCCCCCCC)CCOC(=O)CCOCCOCCOCCOCCNC(=O)c1c[nH]cn1. The average Bonchev–Trinajstić information content (AvgIpc) is 3.95. The lowest BCUT2D eigenvalue weighted by molar-refractivity contribution is -0.150. The number of aromatic nitrogens is 2. The summed E-state index contributed by atoms with van der Waals surface area (Å²) in [4.78, 5) is 58.6. The molecule has 0 fully saturated rings. The number of unbranched alkanes of at least 4 members (excludes halogenated alkanes) is 24. The fourth-order valence-electron chi connectivity index (χ4n) is 8.72. The highest BCUT2D eigenvalue weighted by molar-refractivity contribution is 5.91. The van der Waals surface area contributed by atoms with E-state index in [1.807, 2.05) is 0 Å². The number of carbonyl (C=O) groups is 4. The van der Waals surface area contributed by atoms with Crippen LogP contribution >= 0.6 is 0 Å². The summed E-state index contributed by atoms with van der Waals surface area (Å²) in [6, 6.07) is 0. The molecular formula is C59H110N4O11. The third-order valence-electron chi connectivity index (χ3n) is 13.3. The Bertz CT molecular complexity index is 1370. The normalized spacial score (nSPS) is 11.5. The van der Waals surface area contributed by atoms with Crippen LogP contribution in [0.2, 0.25) is 0 Å². The first-order valence-electron chi connectivity index (χ1n) is 30.2. The van der Waals surface area contributed by atoms with E-state index in [1.165, 1.54) is 109 Å². The van der Waals surface area contributed by atoms with E-state index >= 15 is 0 Å². The Morgan fingerprint density at radius 2 is 0.892 bits per heavy atom. The lowest BCUT2D eigenvalue weighted by Crippen LogP contribution is -2.30. The Morgan fingerprint density at radius 3 is 1.42 bits per heavy atom. The number of carbonyl (C=O) groups excluding carboxylic acids is 4. The second-order valence-electron chi connectivity index (χ2n) is 20.1. The quantitative estimate of drug-likeness (QED) is 0.0358. The molecule has 432 valence electrons. The van der Waals surface area contributed by atoms with Crippen molar-refractivity contribution in [2.24, 2.45) is 0 Å². The van der Waals surface area contributed by atoms with Gasteiger partial charge in [-0.15, -0.1) is 0 Å². The molecular weight excluding hydrogens is 941 g/mol. The van der Waals surface area contributed by atoms with Crippen molar-refractivity contribution in [2.45, 2.75) is 245 Å². The van der Waals surface area contributed by atoms with Crippen LogP contribution in [-0.4, -0.2) is 137 Å². The topological polar surface area (TPSA) is 177 Å². The Balaban J connectivity index is 2.32. The fourth-order valence-corrected chi connectivity index (χ4v) is 8.72. The summed E-state index contributed by atoms with van der Waals surface area (Å²) in [6.07, 6.45) is 40.1. The molecule has 2 N–H and O–H groups in total. The van der Waals surface area contributed by atoms with Crippen molar-refractivity contribution >= 4 is 23.8 Å². The van der Waals surface area contributed by atoms with Crippen LogP contribution in [0.1, 0.15) is 250 Å². The van der Waals surface area contributed by atoms with Crippen LogP contribution in [0.5, 0.6) is 0 Å². The number of hydrogen-bond acceptors (Lipinski definition) is 13. The van der Waals surface area contributed by atoms with Crippen molar-refractivity contribution in [3.8, 4) is 0 Å². The first kappa shape index (κ1) is 68.9. The van der Waals surface area contributed by atoms with Gasteiger partial charge in [0.05, 0.1) is 72.2 Å². The molecule has 0 spiro atoms. The summed E-state index contributed by atoms with van der Waals surface area (Å²) in [5.74, 6) is -0.599. The number of rotatable bonds is 58. The van der Waals surface area contributed by atoms with Crippen LogP contribution < -0.4 is 5.32 Å². The third kappa shape index (κ3) is 47.3. The molecule has 0 aliphatic rings. The number of ether oxygens (including phenoxy) is 7. The monoisotopic (exact) mass is 1050 g/mol. The maximum Gasteiger partial charge on any atom is 0.308 e. The minimum Gasteiger partial charge on any atom is -0.466 e. The number of amides is 1. The molecule has 0 saturated carbocycles. The lowest BCUT2D eigenvalue weighted by atomic mass is 10.0. The van der Waals surface area contributed by atoms with Gasteiger partial charge < -0.3 is 43.5 Å². The van der Waals surface area contributed by atoms with Gasteiger partial charge in [-0.25, -0.2) is 4.98 Å².